The molecule has 3 rings (SSSR count). The van der Waals surface area contributed by atoms with Crippen molar-refractivity contribution in [1.29, 1.82) is 0 Å². The fourth-order valence-electron chi connectivity index (χ4n) is 1.39. The van der Waals surface area contributed by atoms with Crippen molar-refractivity contribution >= 4 is 0 Å². The molecule has 0 saturated heterocycles. The number of azo groups is 1. The van der Waals surface area contributed by atoms with Crippen molar-refractivity contribution in [1.82, 2.24) is 4.98 Å². The average molecular weight is 185 g/mol. The van der Waals surface area contributed by atoms with Gasteiger partial charge >= 0.3 is 0 Å². The molecule has 0 bridgehead atoms. The topological polar surface area (TPSA) is 65.2 Å². The van der Waals surface area contributed by atoms with Crippen molar-refractivity contribution < 1.29 is 0 Å². The lowest BCUT2D eigenvalue weighted by atomic mass is 10.4. The monoisotopic (exact) mass is 185 g/mol. The second kappa shape index (κ2) is 2.47. The summed E-state index contributed by atoms with van der Waals surface area (Å²) in [5.41, 5.74) is 2.40. The molecule has 3 heterocycles. The first-order chi connectivity index (χ1) is 6.83. The van der Waals surface area contributed by atoms with Gasteiger partial charge in [-0.3, -0.25) is 0 Å². The van der Waals surface area contributed by atoms with Crippen LogP contribution in [-0.2, 0) is 0 Å². The van der Waals surface area contributed by atoms with E-state index < -0.39 is 0 Å². The Morgan fingerprint density at radius 1 is 1.21 bits per heavy atom. The number of H-pyrrole nitrogens is 1. The smallest absolute Gasteiger partial charge is 0.182 e. The van der Waals surface area contributed by atoms with Crippen LogP contribution >= 0.6 is 0 Å². The van der Waals surface area contributed by atoms with Gasteiger partial charge in [0.2, 0.25) is 0 Å². The number of hydrogen-bond acceptors (Lipinski definition) is 4. The second-order valence-corrected chi connectivity index (χ2v) is 3.13. The van der Waals surface area contributed by atoms with Crippen LogP contribution in [0, 0.1) is 0 Å². The summed E-state index contributed by atoms with van der Waals surface area (Å²) in [6.07, 6.45) is 3.69. The number of fused-ring (bicyclic) bond motifs is 1. The number of nitrogens with zero attached hydrogens (tertiary/aromatic N) is 4. The predicted octanol–water partition coefficient (Wildman–Crippen LogP) is 0.806. The quantitative estimate of drug-likeness (QED) is 0.621. The van der Waals surface area contributed by atoms with E-state index in [0.717, 1.165) is 22.2 Å². The first kappa shape index (κ1) is 7.37. The molecule has 5 nitrogen and oxygen atoms in total. The predicted molar refractivity (Wildman–Crippen MR) is 48.7 cm³/mol. The van der Waals surface area contributed by atoms with Crippen LogP contribution in [0.15, 0.2) is 55.8 Å². The highest BCUT2D eigenvalue weighted by Crippen LogP contribution is 2.20. The second-order valence-electron chi connectivity index (χ2n) is 3.13. The minimum absolute atomic E-state index is 0.632. The van der Waals surface area contributed by atoms with Gasteiger partial charge in [-0.15, -0.1) is 5.11 Å². The van der Waals surface area contributed by atoms with Gasteiger partial charge in [0.05, 0.1) is 5.70 Å². The maximum atomic E-state index is 4.31. The van der Waals surface area contributed by atoms with Gasteiger partial charge in [0.1, 0.15) is 11.1 Å². The maximum absolute atomic E-state index is 4.31. The first-order valence-corrected chi connectivity index (χ1v) is 4.28. The Morgan fingerprint density at radius 3 is 2.86 bits per heavy atom. The molecule has 2 aliphatic rings. The van der Waals surface area contributed by atoms with Crippen LogP contribution in [0.5, 0.6) is 0 Å². The van der Waals surface area contributed by atoms with Crippen LogP contribution < -0.4 is 10.8 Å². The number of rotatable bonds is 0. The third-order valence-corrected chi connectivity index (χ3v) is 2.04. The van der Waals surface area contributed by atoms with E-state index in [1.165, 1.54) is 0 Å². The lowest BCUT2D eigenvalue weighted by Gasteiger charge is -1.88. The zero-order chi connectivity index (χ0) is 9.54. The molecule has 1 N–H and O–H groups in total. The van der Waals surface area contributed by atoms with Crippen LogP contribution in [0.4, 0.5) is 0 Å². The summed E-state index contributed by atoms with van der Waals surface area (Å²) < 4.78 is 0. The minimum Gasteiger partial charge on any atom is -0.345 e. The molecule has 0 atom stereocenters. The van der Waals surface area contributed by atoms with Crippen molar-refractivity contribution in [2.24, 2.45) is 20.2 Å². The van der Waals surface area contributed by atoms with E-state index in [-0.39, 0.29) is 0 Å². The highest BCUT2D eigenvalue weighted by molar-refractivity contribution is 5.30. The van der Waals surface area contributed by atoms with Crippen molar-refractivity contribution in [2.45, 2.75) is 6.92 Å². The van der Waals surface area contributed by atoms with Gasteiger partial charge in [0, 0.05) is 6.20 Å². The maximum Gasteiger partial charge on any atom is 0.182 e. The zero-order valence-corrected chi connectivity index (χ0v) is 7.52. The summed E-state index contributed by atoms with van der Waals surface area (Å²) >= 11 is 0. The van der Waals surface area contributed by atoms with E-state index in [4.69, 9.17) is 0 Å². The number of nitrogens with one attached hydrogen (secondary N) is 1. The van der Waals surface area contributed by atoms with E-state index in [1.807, 2.05) is 25.3 Å². The Morgan fingerprint density at radius 2 is 2.14 bits per heavy atom. The molecule has 0 saturated carbocycles. The molecule has 1 aromatic rings. The molecule has 0 aliphatic carbocycles. The van der Waals surface area contributed by atoms with E-state index in [2.05, 4.69) is 25.2 Å². The van der Waals surface area contributed by atoms with Gasteiger partial charge in [0.15, 0.2) is 11.3 Å². The van der Waals surface area contributed by atoms with Crippen LogP contribution in [0.2, 0.25) is 0 Å². The van der Waals surface area contributed by atoms with Crippen molar-refractivity contribution in [2.75, 3.05) is 0 Å². The molecule has 0 unspecified atom stereocenters. The molecule has 0 aromatic carbocycles. The standard InChI is InChI=1S/C9H7N5/c1-5-4-7(14-13-5)9-11-6-2-3-10-8(6)12-9/h2-4H,1H3,(H,10,12)/b9-7-. The molecular formula is C9H7N5. The molecular weight excluding hydrogens is 178 g/mol. The molecule has 5 heteroatoms. The Kier molecular flexibility index (Phi) is 1.30. The fourth-order valence-corrected chi connectivity index (χ4v) is 1.39. The minimum atomic E-state index is 0.632. The number of aromatic amines is 1. The lowest BCUT2D eigenvalue weighted by Crippen LogP contribution is -2.17. The van der Waals surface area contributed by atoms with Crippen molar-refractivity contribution in [3.05, 3.63) is 46.4 Å². The van der Waals surface area contributed by atoms with Gasteiger partial charge in [-0.25, -0.2) is 9.98 Å². The van der Waals surface area contributed by atoms with Gasteiger partial charge in [0.25, 0.3) is 0 Å². The molecule has 68 valence electrons. The summed E-state index contributed by atoms with van der Waals surface area (Å²) in [7, 11) is 0. The summed E-state index contributed by atoms with van der Waals surface area (Å²) in [5, 5.41) is 8.74. The highest BCUT2D eigenvalue weighted by atomic mass is 15.2. The largest absolute Gasteiger partial charge is 0.345 e. The van der Waals surface area contributed by atoms with Crippen LogP contribution in [-0.4, -0.2) is 4.98 Å². The Bertz CT molecular complexity index is 567. The van der Waals surface area contributed by atoms with Crippen LogP contribution in [0.1, 0.15) is 6.92 Å². The Hall–Kier alpha value is -2.04. The van der Waals surface area contributed by atoms with E-state index in [0.29, 0.717) is 5.82 Å². The van der Waals surface area contributed by atoms with E-state index in [9.17, 15) is 0 Å². The van der Waals surface area contributed by atoms with Gasteiger partial charge in [-0.1, -0.05) is 0 Å². The Balaban J connectivity index is 2.22. The van der Waals surface area contributed by atoms with Crippen molar-refractivity contribution in [3.8, 4) is 0 Å². The highest BCUT2D eigenvalue weighted by Gasteiger charge is 2.11. The molecule has 1 aromatic heterocycles. The summed E-state index contributed by atoms with van der Waals surface area (Å²) in [4.78, 5) is 11.6. The van der Waals surface area contributed by atoms with Crippen molar-refractivity contribution in [3.63, 3.8) is 0 Å². The molecule has 0 fully saturated rings. The normalized spacial score (nSPS) is 23.1. The lowest BCUT2D eigenvalue weighted by molar-refractivity contribution is 1.09. The summed E-state index contributed by atoms with van der Waals surface area (Å²) in [6, 6.07) is 1.88. The number of allylic oxidation sites excluding steroid dienone is 2. The van der Waals surface area contributed by atoms with Gasteiger partial charge in [-0.05, 0) is 19.1 Å². The summed E-state index contributed by atoms with van der Waals surface area (Å²) in [6.45, 7) is 1.89. The third kappa shape index (κ3) is 0.953. The number of hydrogen-bond donors (Lipinski definition) is 1. The molecule has 0 amide bonds. The van der Waals surface area contributed by atoms with E-state index in [1.54, 1.807) is 0 Å². The third-order valence-electron chi connectivity index (χ3n) is 2.04. The summed E-state index contributed by atoms with van der Waals surface area (Å²) in [5.74, 6) is 0.632. The molecule has 2 aliphatic heterocycles. The SMILES string of the molecule is CC1=C/C(=C2\N=c3cc[nH]c3=N2)N=N1. The van der Waals surface area contributed by atoms with E-state index >= 15 is 0 Å². The zero-order valence-electron chi connectivity index (χ0n) is 7.52. The average Bonchev–Trinajstić information content (AvgIpc) is 2.75. The van der Waals surface area contributed by atoms with Gasteiger partial charge in [-0.2, -0.15) is 5.11 Å². The molecule has 14 heavy (non-hydrogen) atoms. The Labute approximate surface area is 79.3 Å². The van der Waals surface area contributed by atoms with Crippen LogP contribution in [0.3, 0.4) is 0 Å². The van der Waals surface area contributed by atoms with Crippen LogP contribution in [0.25, 0.3) is 0 Å². The fraction of sp³-hybridized carbons (Fsp3) is 0.111. The molecule has 0 radical (unpaired) electrons. The number of aromatic nitrogens is 1. The first-order valence-electron chi connectivity index (χ1n) is 4.28. The molecule has 0 spiro atoms. The van der Waals surface area contributed by atoms with Gasteiger partial charge < -0.3 is 4.98 Å².